The molecule has 0 aliphatic heterocycles. The van der Waals surface area contributed by atoms with Crippen LogP contribution in [-0.2, 0) is 10.0 Å². The third-order valence-electron chi connectivity index (χ3n) is 2.45. The molecule has 0 aromatic heterocycles. The first-order valence-electron chi connectivity index (χ1n) is 5.72. The van der Waals surface area contributed by atoms with Gasteiger partial charge in [-0.1, -0.05) is 12.8 Å². The van der Waals surface area contributed by atoms with Crippen molar-refractivity contribution in [3.63, 3.8) is 0 Å². The normalized spacial score (nSPS) is 11.4. The van der Waals surface area contributed by atoms with Gasteiger partial charge in [-0.25, -0.2) is 8.42 Å². The summed E-state index contributed by atoms with van der Waals surface area (Å²) in [5.74, 6) is 2.37. The first-order chi connectivity index (χ1) is 8.41. The van der Waals surface area contributed by atoms with Crippen molar-refractivity contribution in [3.05, 3.63) is 23.8 Å². The first-order valence-corrected chi connectivity index (χ1v) is 7.16. The zero-order valence-electron chi connectivity index (χ0n) is 10.7. The Kier molecular flexibility index (Phi) is 4.76. The van der Waals surface area contributed by atoms with Crippen molar-refractivity contribution in [2.75, 3.05) is 18.8 Å². The predicted molar refractivity (Wildman–Crippen MR) is 73.5 cm³/mol. The van der Waals surface area contributed by atoms with Crippen LogP contribution >= 0.6 is 0 Å². The number of hydrogen-bond donors (Lipinski definition) is 1. The molecule has 0 spiro atoms. The Morgan fingerprint density at radius 2 is 2.06 bits per heavy atom. The average molecular weight is 266 g/mol. The van der Waals surface area contributed by atoms with Crippen LogP contribution in [0.4, 0.5) is 5.69 Å². The van der Waals surface area contributed by atoms with E-state index in [0.717, 1.165) is 5.56 Å². The van der Waals surface area contributed by atoms with Gasteiger partial charge in [0.2, 0.25) is 10.0 Å². The van der Waals surface area contributed by atoms with Gasteiger partial charge >= 0.3 is 0 Å². The highest BCUT2D eigenvalue weighted by Gasteiger charge is 2.23. The molecule has 0 heterocycles. The van der Waals surface area contributed by atoms with Crippen molar-refractivity contribution in [1.29, 1.82) is 0 Å². The van der Waals surface area contributed by atoms with E-state index >= 15 is 0 Å². The maximum Gasteiger partial charge on any atom is 0.244 e. The van der Waals surface area contributed by atoms with Crippen molar-refractivity contribution in [2.45, 2.75) is 25.2 Å². The molecule has 98 valence electrons. The Labute approximate surface area is 109 Å². The number of anilines is 1. The SMILES string of the molecule is C#CCN(CCC)S(=O)(=O)c1cc(C)cc(N)c1. The van der Waals surface area contributed by atoms with Crippen molar-refractivity contribution >= 4 is 15.7 Å². The van der Waals surface area contributed by atoms with Crippen LogP contribution in [0.1, 0.15) is 18.9 Å². The van der Waals surface area contributed by atoms with Crippen LogP contribution < -0.4 is 5.73 Å². The zero-order chi connectivity index (χ0) is 13.8. The molecule has 0 saturated carbocycles. The molecule has 0 radical (unpaired) electrons. The minimum absolute atomic E-state index is 0.0734. The summed E-state index contributed by atoms with van der Waals surface area (Å²) in [6.07, 6.45) is 5.92. The summed E-state index contributed by atoms with van der Waals surface area (Å²) in [4.78, 5) is 0.198. The molecule has 0 atom stereocenters. The van der Waals surface area contributed by atoms with Crippen molar-refractivity contribution in [2.24, 2.45) is 0 Å². The van der Waals surface area contributed by atoms with E-state index < -0.39 is 10.0 Å². The van der Waals surface area contributed by atoms with Gasteiger partial charge in [0.15, 0.2) is 0 Å². The van der Waals surface area contributed by atoms with Gasteiger partial charge in [-0.15, -0.1) is 6.42 Å². The summed E-state index contributed by atoms with van der Waals surface area (Å²) in [6.45, 7) is 4.19. The fourth-order valence-electron chi connectivity index (χ4n) is 1.71. The van der Waals surface area contributed by atoms with E-state index in [1.807, 2.05) is 6.92 Å². The predicted octanol–water partition coefficient (Wildman–Crippen LogP) is 1.61. The number of nitrogen functional groups attached to an aromatic ring is 1. The van der Waals surface area contributed by atoms with E-state index in [-0.39, 0.29) is 11.4 Å². The maximum absolute atomic E-state index is 12.4. The van der Waals surface area contributed by atoms with Gasteiger partial charge in [0, 0.05) is 12.2 Å². The number of benzene rings is 1. The van der Waals surface area contributed by atoms with Crippen LogP contribution in [0.5, 0.6) is 0 Å². The second-order valence-electron chi connectivity index (χ2n) is 4.12. The molecule has 0 unspecified atom stereocenters. The third kappa shape index (κ3) is 3.25. The molecule has 0 fully saturated rings. The van der Waals surface area contributed by atoms with Crippen molar-refractivity contribution < 1.29 is 8.42 Å². The zero-order valence-corrected chi connectivity index (χ0v) is 11.5. The minimum Gasteiger partial charge on any atom is -0.399 e. The second kappa shape index (κ2) is 5.89. The average Bonchev–Trinajstić information content (AvgIpc) is 2.27. The summed E-state index contributed by atoms with van der Waals surface area (Å²) in [5, 5.41) is 0. The molecule has 1 rings (SSSR count). The molecule has 5 heteroatoms. The Morgan fingerprint density at radius 1 is 1.39 bits per heavy atom. The van der Waals surface area contributed by atoms with E-state index in [9.17, 15) is 8.42 Å². The molecule has 4 nitrogen and oxygen atoms in total. The van der Waals surface area contributed by atoms with Gasteiger partial charge in [0.05, 0.1) is 11.4 Å². The summed E-state index contributed by atoms with van der Waals surface area (Å²) in [5.41, 5.74) is 6.93. The van der Waals surface area contributed by atoms with E-state index in [2.05, 4.69) is 5.92 Å². The molecular formula is C13H18N2O2S. The van der Waals surface area contributed by atoms with E-state index in [4.69, 9.17) is 12.2 Å². The van der Waals surface area contributed by atoms with E-state index in [1.165, 1.54) is 10.4 Å². The number of hydrogen-bond acceptors (Lipinski definition) is 3. The molecule has 18 heavy (non-hydrogen) atoms. The van der Waals surface area contributed by atoms with Gasteiger partial charge in [-0.2, -0.15) is 4.31 Å². The first kappa shape index (κ1) is 14.6. The topological polar surface area (TPSA) is 63.4 Å². The Balaban J connectivity index is 3.22. The van der Waals surface area contributed by atoms with Crippen molar-refractivity contribution in [3.8, 4) is 12.3 Å². The number of sulfonamides is 1. The molecule has 1 aromatic carbocycles. The summed E-state index contributed by atoms with van der Waals surface area (Å²) < 4.78 is 26.1. The molecule has 0 aliphatic carbocycles. The van der Waals surface area contributed by atoms with Gasteiger partial charge in [0.1, 0.15) is 0 Å². The van der Waals surface area contributed by atoms with Crippen LogP contribution in [-0.4, -0.2) is 25.8 Å². The smallest absolute Gasteiger partial charge is 0.244 e. The lowest BCUT2D eigenvalue weighted by atomic mass is 10.2. The van der Waals surface area contributed by atoms with E-state index in [1.54, 1.807) is 19.1 Å². The molecular weight excluding hydrogens is 248 g/mol. The number of terminal acetylenes is 1. The lowest BCUT2D eigenvalue weighted by Gasteiger charge is -2.19. The fraction of sp³-hybridized carbons (Fsp3) is 0.385. The molecule has 0 bridgehead atoms. The number of nitrogens with two attached hydrogens (primary N) is 1. The van der Waals surface area contributed by atoms with Gasteiger partial charge < -0.3 is 5.73 Å². The lowest BCUT2D eigenvalue weighted by molar-refractivity contribution is 0.445. The quantitative estimate of drug-likeness (QED) is 0.650. The monoisotopic (exact) mass is 266 g/mol. The third-order valence-corrected chi connectivity index (χ3v) is 4.27. The maximum atomic E-state index is 12.4. The summed E-state index contributed by atoms with van der Waals surface area (Å²) in [7, 11) is -3.56. The van der Waals surface area contributed by atoms with Crippen LogP contribution in [0, 0.1) is 19.3 Å². The number of rotatable bonds is 5. The van der Waals surface area contributed by atoms with Gasteiger partial charge in [-0.3, -0.25) is 0 Å². The Bertz CT molecular complexity index is 539. The van der Waals surface area contributed by atoms with Gasteiger partial charge in [0.25, 0.3) is 0 Å². The summed E-state index contributed by atoms with van der Waals surface area (Å²) in [6, 6.07) is 4.79. The highest BCUT2D eigenvalue weighted by Crippen LogP contribution is 2.20. The fourth-order valence-corrected chi connectivity index (χ4v) is 3.30. The Morgan fingerprint density at radius 3 is 2.56 bits per heavy atom. The standard InChI is InChI=1S/C13H18N2O2S/c1-4-6-15(7-5-2)18(16,17)13-9-11(3)8-12(14)10-13/h1,8-10H,5-7,14H2,2-3H3. The molecule has 0 saturated heterocycles. The Hall–Kier alpha value is -1.51. The van der Waals surface area contributed by atoms with Crippen molar-refractivity contribution in [1.82, 2.24) is 4.31 Å². The number of nitrogens with zero attached hydrogens (tertiary/aromatic N) is 1. The molecule has 2 N–H and O–H groups in total. The molecule has 0 aliphatic rings. The second-order valence-corrected chi connectivity index (χ2v) is 6.06. The largest absolute Gasteiger partial charge is 0.399 e. The van der Waals surface area contributed by atoms with Gasteiger partial charge in [-0.05, 0) is 37.1 Å². The number of aryl methyl sites for hydroxylation is 1. The summed E-state index contributed by atoms with van der Waals surface area (Å²) >= 11 is 0. The van der Waals surface area contributed by atoms with Crippen LogP contribution in [0.2, 0.25) is 0 Å². The highest BCUT2D eigenvalue weighted by atomic mass is 32.2. The molecule has 1 aromatic rings. The highest BCUT2D eigenvalue weighted by molar-refractivity contribution is 7.89. The van der Waals surface area contributed by atoms with Crippen LogP contribution in [0.25, 0.3) is 0 Å². The minimum atomic E-state index is -3.56. The van der Waals surface area contributed by atoms with Crippen LogP contribution in [0.15, 0.2) is 23.1 Å². The lowest BCUT2D eigenvalue weighted by Crippen LogP contribution is -2.32. The van der Waals surface area contributed by atoms with Crippen LogP contribution in [0.3, 0.4) is 0 Å². The van der Waals surface area contributed by atoms with E-state index in [0.29, 0.717) is 18.7 Å². The molecule has 0 amide bonds.